The summed E-state index contributed by atoms with van der Waals surface area (Å²) >= 11 is 0. The first-order valence-electron chi connectivity index (χ1n) is 8.12. The Hall–Kier alpha value is -2.04. The van der Waals surface area contributed by atoms with Crippen LogP contribution in [0.25, 0.3) is 0 Å². The number of nitrogens with one attached hydrogen (secondary N) is 1. The zero-order valence-corrected chi connectivity index (χ0v) is 16.0. The molecule has 0 radical (unpaired) electrons. The summed E-state index contributed by atoms with van der Waals surface area (Å²) < 4.78 is 5.80. The molecule has 2 aromatic carbocycles. The van der Waals surface area contributed by atoms with Crippen molar-refractivity contribution < 1.29 is 9.53 Å². The molecule has 5 heteroatoms. The van der Waals surface area contributed by atoms with Crippen LogP contribution in [0.1, 0.15) is 31.9 Å². The Morgan fingerprint density at radius 1 is 1.12 bits per heavy atom. The van der Waals surface area contributed by atoms with Crippen LogP contribution in [0.2, 0.25) is 0 Å². The van der Waals surface area contributed by atoms with E-state index in [4.69, 9.17) is 10.5 Å². The summed E-state index contributed by atoms with van der Waals surface area (Å²) in [5.74, 6) is 0.646. The molecular weight excluding hydrogens is 336 g/mol. The number of hydrogen-bond acceptors (Lipinski definition) is 3. The Morgan fingerprint density at radius 3 is 2.36 bits per heavy atom. The third-order valence-electron chi connectivity index (χ3n) is 4.06. The zero-order valence-electron chi connectivity index (χ0n) is 15.2. The van der Waals surface area contributed by atoms with Gasteiger partial charge in [-0.15, -0.1) is 12.4 Å². The second-order valence-electron chi connectivity index (χ2n) is 7.02. The molecule has 0 aromatic heterocycles. The molecule has 0 unspecified atom stereocenters. The Morgan fingerprint density at radius 2 is 1.76 bits per heavy atom. The fourth-order valence-corrected chi connectivity index (χ4v) is 2.26. The van der Waals surface area contributed by atoms with Gasteiger partial charge in [0.15, 0.2) is 0 Å². The SMILES string of the molecule is Cc1c(COc2ccccc2)cccc1NC(=O)[C@@H](N)C(C)(C)C.Cl. The molecule has 0 heterocycles. The van der Waals surface area contributed by atoms with Gasteiger partial charge in [0.05, 0.1) is 6.04 Å². The summed E-state index contributed by atoms with van der Waals surface area (Å²) in [6.45, 7) is 8.28. The maximum absolute atomic E-state index is 12.3. The number of rotatable bonds is 5. The predicted molar refractivity (Wildman–Crippen MR) is 105 cm³/mol. The molecule has 0 aliphatic rings. The minimum absolute atomic E-state index is 0. The lowest BCUT2D eigenvalue weighted by Gasteiger charge is -2.26. The Kier molecular flexibility index (Phi) is 7.46. The van der Waals surface area contributed by atoms with E-state index in [1.807, 2.05) is 76.2 Å². The van der Waals surface area contributed by atoms with Crippen molar-refractivity contribution in [3.63, 3.8) is 0 Å². The Labute approximate surface area is 156 Å². The fraction of sp³-hybridized carbons (Fsp3) is 0.350. The standard InChI is InChI=1S/C20H26N2O2.ClH/c1-14-15(13-24-16-10-6-5-7-11-16)9-8-12-17(14)22-19(23)18(21)20(2,3)4;/h5-12,18H,13,21H2,1-4H3,(H,22,23);1H/t18-;/m1./s1. The highest BCUT2D eigenvalue weighted by molar-refractivity contribution is 5.95. The first kappa shape index (κ1) is 21.0. The van der Waals surface area contributed by atoms with Crippen LogP contribution in [0.3, 0.4) is 0 Å². The van der Waals surface area contributed by atoms with Gasteiger partial charge in [-0.2, -0.15) is 0 Å². The molecule has 4 nitrogen and oxygen atoms in total. The number of carbonyl (C=O) groups excluding carboxylic acids is 1. The number of anilines is 1. The van der Waals surface area contributed by atoms with Crippen LogP contribution in [0.15, 0.2) is 48.5 Å². The summed E-state index contributed by atoms with van der Waals surface area (Å²) in [5, 5.41) is 2.94. The van der Waals surface area contributed by atoms with Gasteiger partial charge >= 0.3 is 0 Å². The largest absolute Gasteiger partial charge is 0.489 e. The minimum Gasteiger partial charge on any atom is -0.489 e. The van der Waals surface area contributed by atoms with E-state index in [1.54, 1.807) is 0 Å². The first-order chi connectivity index (χ1) is 11.3. The molecule has 0 aliphatic heterocycles. The van der Waals surface area contributed by atoms with Gasteiger partial charge in [0.2, 0.25) is 5.91 Å². The van der Waals surface area contributed by atoms with E-state index in [-0.39, 0.29) is 23.7 Å². The number of halogens is 1. The van der Waals surface area contributed by atoms with Crippen LogP contribution < -0.4 is 15.8 Å². The van der Waals surface area contributed by atoms with E-state index >= 15 is 0 Å². The van der Waals surface area contributed by atoms with E-state index in [9.17, 15) is 4.79 Å². The lowest BCUT2D eigenvalue weighted by atomic mass is 9.87. The third kappa shape index (κ3) is 5.76. The average Bonchev–Trinajstić information content (AvgIpc) is 2.55. The van der Waals surface area contributed by atoms with Crippen LogP contribution in [-0.4, -0.2) is 11.9 Å². The van der Waals surface area contributed by atoms with Gasteiger partial charge in [-0.05, 0) is 41.7 Å². The molecule has 0 saturated heterocycles. The number of nitrogens with two attached hydrogens (primary N) is 1. The normalized spacial score (nSPS) is 12.0. The van der Waals surface area contributed by atoms with Crippen LogP contribution in [-0.2, 0) is 11.4 Å². The Bertz CT molecular complexity index is 697. The smallest absolute Gasteiger partial charge is 0.241 e. The lowest BCUT2D eigenvalue weighted by molar-refractivity contribution is -0.119. The predicted octanol–water partition coefficient (Wildman–Crippen LogP) is 4.31. The number of para-hydroxylation sites is 1. The Balaban J connectivity index is 0.00000312. The van der Waals surface area contributed by atoms with Crippen molar-refractivity contribution in [1.29, 1.82) is 0 Å². The zero-order chi connectivity index (χ0) is 17.7. The quantitative estimate of drug-likeness (QED) is 0.833. The molecule has 0 bridgehead atoms. The molecule has 0 spiro atoms. The molecule has 2 aromatic rings. The summed E-state index contributed by atoms with van der Waals surface area (Å²) in [4.78, 5) is 12.3. The van der Waals surface area contributed by atoms with Crippen LogP contribution in [0.4, 0.5) is 5.69 Å². The topological polar surface area (TPSA) is 64.3 Å². The van der Waals surface area contributed by atoms with Gasteiger partial charge in [-0.3, -0.25) is 4.79 Å². The lowest BCUT2D eigenvalue weighted by Crippen LogP contribution is -2.45. The van der Waals surface area contributed by atoms with Gasteiger partial charge in [-0.1, -0.05) is 51.1 Å². The maximum Gasteiger partial charge on any atom is 0.241 e. The van der Waals surface area contributed by atoms with Gasteiger partial charge in [0, 0.05) is 5.69 Å². The first-order valence-corrected chi connectivity index (χ1v) is 8.12. The number of hydrogen-bond donors (Lipinski definition) is 2. The highest BCUT2D eigenvalue weighted by atomic mass is 35.5. The summed E-state index contributed by atoms with van der Waals surface area (Å²) in [5.41, 5.74) is 8.53. The van der Waals surface area contributed by atoms with Gasteiger partial charge in [-0.25, -0.2) is 0 Å². The molecular formula is C20H27ClN2O2. The average molecular weight is 363 g/mol. The van der Waals surface area contributed by atoms with Crippen LogP contribution in [0.5, 0.6) is 5.75 Å². The number of amides is 1. The van der Waals surface area contributed by atoms with Gasteiger partial charge in [0.1, 0.15) is 12.4 Å². The van der Waals surface area contributed by atoms with Crippen molar-refractivity contribution in [2.45, 2.75) is 40.3 Å². The van der Waals surface area contributed by atoms with Crippen molar-refractivity contribution in [2.75, 3.05) is 5.32 Å². The second-order valence-corrected chi connectivity index (χ2v) is 7.02. The molecule has 1 atom stereocenters. The molecule has 0 saturated carbocycles. The highest BCUT2D eigenvalue weighted by Crippen LogP contribution is 2.23. The molecule has 1 amide bonds. The van der Waals surface area contributed by atoms with Crippen molar-refractivity contribution in [3.8, 4) is 5.75 Å². The molecule has 0 aliphatic carbocycles. The maximum atomic E-state index is 12.3. The van der Waals surface area contributed by atoms with E-state index in [0.717, 1.165) is 22.6 Å². The van der Waals surface area contributed by atoms with E-state index in [0.29, 0.717) is 6.61 Å². The van der Waals surface area contributed by atoms with Crippen molar-refractivity contribution in [2.24, 2.45) is 11.1 Å². The number of benzene rings is 2. The summed E-state index contributed by atoms with van der Waals surface area (Å²) in [6, 6.07) is 14.9. The summed E-state index contributed by atoms with van der Waals surface area (Å²) in [6.07, 6.45) is 0. The minimum atomic E-state index is -0.568. The summed E-state index contributed by atoms with van der Waals surface area (Å²) in [7, 11) is 0. The van der Waals surface area contributed by atoms with E-state index in [2.05, 4.69) is 5.32 Å². The highest BCUT2D eigenvalue weighted by Gasteiger charge is 2.27. The van der Waals surface area contributed by atoms with E-state index < -0.39 is 6.04 Å². The molecule has 2 rings (SSSR count). The number of carbonyl (C=O) groups is 1. The van der Waals surface area contributed by atoms with Gasteiger partial charge < -0.3 is 15.8 Å². The number of ether oxygens (including phenoxy) is 1. The van der Waals surface area contributed by atoms with E-state index in [1.165, 1.54) is 0 Å². The molecule has 25 heavy (non-hydrogen) atoms. The van der Waals surface area contributed by atoms with Crippen LogP contribution in [0, 0.1) is 12.3 Å². The molecule has 136 valence electrons. The van der Waals surface area contributed by atoms with Crippen molar-refractivity contribution in [3.05, 3.63) is 59.7 Å². The second kappa shape index (κ2) is 8.88. The monoisotopic (exact) mass is 362 g/mol. The van der Waals surface area contributed by atoms with Crippen molar-refractivity contribution in [1.82, 2.24) is 0 Å². The fourth-order valence-electron chi connectivity index (χ4n) is 2.26. The van der Waals surface area contributed by atoms with Crippen molar-refractivity contribution >= 4 is 24.0 Å². The molecule has 0 fully saturated rings. The molecule has 3 N–H and O–H groups in total. The van der Waals surface area contributed by atoms with Gasteiger partial charge in [0.25, 0.3) is 0 Å². The third-order valence-corrected chi connectivity index (χ3v) is 4.06. The van der Waals surface area contributed by atoms with Crippen LogP contribution >= 0.6 is 12.4 Å².